The lowest BCUT2D eigenvalue weighted by molar-refractivity contribution is 0.0626. The SMILES string of the molecule is Cc1cc(N2CC[C@@](O)(CNCc3ccc(OCCn4cccn4)cc3)C2)ncn1. The van der Waals surface area contributed by atoms with Gasteiger partial charge in [0.25, 0.3) is 0 Å². The van der Waals surface area contributed by atoms with Crippen molar-refractivity contribution in [3.8, 4) is 5.75 Å². The maximum absolute atomic E-state index is 10.9. The van der Waals surface area contributed by atoms with Crippen LogP contribution < -0.4 is 15.0 Å². The van der Waals surface area contributed by atoms with Gasteiger partial charge in [-0.05, 0) is 37.1 Å². The Balaban J connectivity index is 1.20. The van der Waals surface area contributed by atoms with Crippen LogP contribution in [-0.2, 0) is 13.1 Å². The van der Waals surface area contributed by atoms with E-state index in [4.69, 9.17) is 4.74 Å². The van der Waals surface area contributed by atoms with E-state index >= 15 is 0 Å². The Morgan fingerprint density at radius 3 is 2.87 bits per heavy atom. The second-order valence-electron chi connectivity index (χ2n) is 7.78. The van der Waals surface area contributed by atoms with E-state index in [0.717, 1.165) is 35.9 Å². The van der Waals surface area contributed by atoms with Crippen LogP contribution in [0.25, 0.3) is 0 Å². The highest BCUT2D eigenvalue weighted by molar-refractivity contribution is 5.41. The summed E-state index contributed by atoms with van der Waals surface area (Å²) in [6.07, 6.45) is 5.97. The molecule has 1 fully saturated rings. The molecule has 158 valence electrons. The molecular weight excluding hydrogens is 380 g/mol. The van der Waals surface area contributed by atoms with Gasteiger partial charge in [0.15, 0.2) is 0 Å². The van der Waals surface area contributed by atoms with Gasteiger partial charge in [-0.3, -0.25) is 4.68 Å². The van der Waals surface area contributed by atoms with Crippen LogP contribution in [0.2, 0.25) is 0 Å². The zero-order chi connectivity index (χ0) is 20.8. The molecule has 1 aliphatic heterocycles. The summed E-state index contributed by atoms with van der Waals surface area (Å²) in [6.45, 7) is 5.84. The van der Waals surface area contributed by atoms with Crippen molar-refractivity contribution in [1.82, 2.24) is 25.1 Å². The number of ether oxygens (including phenoxy) is 1. The zero-order valence-corrected chi connectivity index (χ0v) is 17.2. The third kappa shape index (κ3) is 5.34. The number of benzene rings is 1. The van der Waals surface area contributed by atoms with Gasteiger partial charge in [0.1, 0.15) is 24.5 Å². The predicted octanol–water partition coefficient (Wildman–Crippen LogP) is 1.79. The summed E-state index contributed by atoms with van der Waals surface area (Å²) in [4.78, 5) is 10.6. The number of aliphatic hydroxyl groups is 1. The van der Waals surface area contributed by atoms with Crippen LogP contribution in [0.5, 0.6) is 5.75 Å². The minimum Gasteiger partial charge on any atom is -0.492 e. The van der Waals surface area contributed by atoms with E-state index in [2.05, 4.69) is 25.3 Å². The monoisotopic (exact) mass is 408 g/mol. The fourth-order valence-corrected chi connectivity index (χ4v) is 3.64. The van der Waals surface area contributed by atoms with E-state index in [0.29, 0.717) is 32.7 Å². The molecule has 2 aromatic heterocycles. The van der Waals surface area contributed by atoms with E-state index in [1.165, 1.54) is 0 Å². The maximum atomic E-state index is 10.9. The van der Waals surface area contributed by atoms with Crippen molar-refractivity contribution in [1.29, 1.82) is 0 Å². The van der Waals surface area contributed by atoms with Gasteiger partial charge in [-0.2, -0.15) is 5.10 Å². The normalized spacial score (nSPS) is 18.7. The molecule has 2 N–H and O–H groups in total. The lowest BCUT2D eigenvalue weighted by Crippen LogP contribution is -2.43. The fraction of sp³-hybridized carbons (Fsp3) is 0.409. The Hall–Kier alpha value is -2.97. The molecule has 0 radical (unpaired) electrons. The zero-order valence-electron chi connectivity index (χ0n) is 17.2. The van der Waals surface area contributed by atoms with Gasteiger partial charge in [0.2, 0.25) is 0 Å². The van der Waals surface area contributed by atoms with Crippen LogP contribution in [0, 0.1) is 6.92 Å². The number of anilines is 1. The summed E-state index contributed by atoms with van der Waals surface area (Å²) in [5, 5.41) is 18.5. The molecule has 0 bridgehead atoms. The molecule has 0 amide bonds. The number of hydrogen-bond donors (Lipinski definition) is 2. The van der Waals surface area contributed by atoms with E-state index in [-0.39, 0.29) is 0 Å². The molecule has 1 atom stereocenters. The van der Waals surface area contributed by atoms with Gasteiger partial charge in [0, 0.05) is 50.3 Å². The van der Waals surface area contributed by atoms with Crippen LogP contribution in [0.1, 0.15) is 17.7 Å². The number of β-amino-alcohol motifs (C(OH)–C–C–N with tert-alkyl or cyclic N) is 1. The van der Waals surface area contributed by atoms with Crippen molar-refractivity contribution in [2.75, 3.05) is 31.1 Å². The predicted molar refractivity (Wildman–Crippen MR) is 114 cm³/mol. The molecular formula is C22H28N6O2. The summed E-state index contributed by atoms with van der Waals surface area (Å²) in [5.74, 6) is 1.72. The second kappa shape index (κ2) is 9.23. The number of rotatable bonds is 9. The molecule has 8 nitrogen and oxygen atoms in total. The molecule has 3 heterocycles. The van der Waals surface area contributed by atoms with Crippen LogP contribution in [-0.4, -0.2) is 56.7 Å². The quantitative estimate of drug-likeness (QED) is 0.558. The van der Waals surface area contributed by atoms with Crippen LogP contribution in [0.4, 0.5) is 5.82 Å². The average molecular weight is 409 g/mol. The summed E-state index contributed by atoms with van der Waals surface area (Å²) in [6, 6.07) is 11.9. The minimum atomic E-state index is -0.756. The molecule has 1 aromatic carbocycles. The molecule has 1 saturated heterocycles. The Morgan fingerprint density at radius 1 is 1.23 bits per heavy atom. The van der Waals surface area contributed by atoms with Gasteiger partial charge in [-0.25, -0.2) is 9.97 Å². The smallest absolute Gasteiger partial charge is 0.132 e. The van der Waals surface area contributed by atoms with Crippen molar-refractivity contribution in [2.24, 2.45) is 0 Å². The van der Waals surface area contributed by atoms with Gasteiger partial charge < -0.3 is 20.1 Å². The summed E-state index contributed by atoms with van der Waals surface area (Å²) < 4.78 is 7.61. The molecule has 30 heavy (non-hydrogen) atoms. The molecule has 4 rings (SSSR count). The largest absolute Gasteiger partial charge is 0.492 e. The molecule has 0 unspecified atom stereocenters. The van der Waals surface area contributed by atoms with E-state index in [9.17, 15) is 5.11 Å². The molecule has 0 saturated carbocycles. The lowest BCUT2D eigenvalue weighted by Gasteiger charge is -2.24. The van der Waals surface area contributed by atoms with Crippen molar-refractivity contribution >= 4 is 5.82 Å². The first-order valence-corrected chi connectivity index (χ1v) is 10.3. The third-order valence-corrected chi connectivity index (χ3v) is 5.30. The van der Waals surface area contributed by atoms with Crippen LogP contribution in [0.3, 0.4) is 0 Å². The second-order valence-corrected chi connectivity index (χ2v) is 7.78. The Morgan fingerprint density at radius 2 is 2.10 bits per heavy atom. The highest BCUT2D eigenvalue weighted by Crippen LogP contribution is 2.25. The topological polar surface area (TPSA) is 88.3 Å². The first kappa shape index (κ1) is 20.3. The molecule has 8 heteroatoms. The average Bonchev–Trinajstić information content (AvgIpc) is 3.39. The summed E-state index contributed by atoms with van der Waals surface area (Å²) in [7, 11) is 0. The van der Waals surface area contributed by atoms with Crippen molar-refractivity contribution in [2.45, 2.75) is 32.0 Å². The highest BCUT2D eigenvalue weighted by atomic mass is 16.5. The summed E-state index contributed by atoms with van der Waals surface area (Å²) >= 11 is 0. The first-order chi connectivity index (χ1) is 14.6. The Kier molecular flexibility index (Phi) is 6.25. The van der Waals surface area contributed by atoms with Crippen molar-refractivity contribution in [3.05, 3.63) is 66.4 Å². The fourth-order valence-electron chi connectivity index (χ4n) is 3.64. The number of aromatic nitrogens is 4. The van der Waals surface area contributed by atoms with Crippen molar-refractivity contribution < 1.29 is 9.84 Å². The van der Waals surface area contributed by atoms with Gasteiger partial charge in [0.05, 0.1) is 12.1 Å². The molecule has 3 aromatic rings. The van der Waals surface area contributed by atoms with E-state index in [1.807, 2.05) is 54.2 Å². The Labute approximate surface area is 176 Å². The molecule has 0 aliphatic carbocycles. The maximum Gasteiger partial charge on any atom is 0.132 e. The third-order valence-electron chi connectivity index (χ3n) is 5.30. The molecule has 1 aliphatic rings. The highest BCUT2D eigenvalue weighted by Gasteiger charge is 2.36. The molecule has 0 spiro atoms. The number of nitrogens with one attached hydrogen (secondary N) is 1. The summed E-state index contributed by atoms with van der Waals surface area (Å²) in [5.41, 5.74) is 1.33. The van der Waals surface area contributed by atoms with Crippen LogP contribution >= 0.6 is 0 Å². The minimum absolute atomic E-state index is 0.537. The van der Waals surface area contributed by atoms with Gasteiger partial charge in [-0.15, -0.1) is 0 Å². The number of nitrogens with zero attached hydrogens (tertiary/aromatic N) is 5. The van der Waals surface area contributed by atoms with Gasteiger partial charge in [-0.1, -0.05) is 12.1 Å². The van der Waals surface area contributed by atoms with Crippen LogP contribution in [0.15, 0.2) is 55.1 Å². The first-order valence-electron chi connectivity index (χ1n) is 10.3. The van der Waals surface area contributed by atoms with Gasteiger partial charge >= 0.3 is 0 Å². The number of aryl methyl sites for hydroxylation is 1. The van der Waals surface area contributed by atoms with E-state index in [1.54, 1.807) is 12.5 Å². The van der Waals surface area contributed by atoms with E-state index < -0.39 is 5.60 Å². The standard InChI is InChI=1S/C22H28N6O2/c1-18-13-21(25-17-24-18)27-10-7-22(29,16-27)15-23-14-19-3-5-20(6-4-19)30-12-11-28-9-2-8-26-28/h2-6,8-9,13,17,23,29H,7,10-12,14-16H2,1H3/t22-/m1/s1. The lowest BCUT2D eigenvalue weighted by atomic mass is 10.0. The van der Waals surface area contributed by atoms with Crippen molar-refractivity contribution in [3.63, 3.8) is 0 Å². The Bertz CT molecular complexity index is 931. The number of hydrogen-bond acceptors (Lipinski definition) is 7.